The van der Waals surface area contributed by atoms with Crippen LogP contribution in [-0.4, -0.2) is 12.5 Å². The maximum absolute atomic E-state index is 12.2. The zero-order valence-corrected chi connectivity index (χ0v) is 14.6. The molecule has 0 fully saturated rings. The molecule has 122 valence electrons. The van der Waals surface area contributed by atoms with Crippen LogP contribution in [0, 0.1) is 0 Å². The summed E-state index contributed by atoms with van der Waals surface area (Å²) < 4.78 is 0. The number of anilines is 1. The minimum Gasteiger partial charge on any atom is -0.333 e. The molecular formula is C19H24ClN2O+. The van der Waals surface area contributed by atoms with Crippen LogP contribution >= 0.6 is 11.6 Å². The fraction of sp³-hybridized carbons (Fsp3) is 0.316. The molecule has 0 spiro atoms. The van der Waals surface area contributed by atoms with Crippen molar-refractivity contribution in [2.75, 3.05) is 11.9 Å². The SMILES string of the molecule is CC(C)c1ccccc1NC(=O)C[NH2+][C@H](C)c1ccc(Cl)cc1. The highest BCUT2D eigenvalue weighted by atomic mass is 35.5. The predicted octanol–water partition coefficient (Wildman–Crippen LogP) is 3.73. The predicted molar refractivity (Wildman–Crippen MR) is 95.8 cm³/mol. The molecule has 23 heavy (non-hydrogen) atoms. The van der Waals surface area contributed by atoms with Crippen LogP contribution in [-0.2, 0) is 4.79 Å². The van der Waals surface area contributed by atoms with Gasteiger partial charge in [0.1, 0.15) is 6.04 Å². The van der Waals surface area contributed by atoms with Crippen molar-refractivity contribution in [1.29, 1.82) is 0 Å². The van der Waals surface area contributed by atoms with Gasteiger partial charge in [0.05, 0.1) is 0 Å². The number of nitrogens with one attached hydrogen (secondary N) is 1. The van der Waals surface area contributed by atoms with Crippen LogP contribution in [0.3, 0.4) is 0 Å². The van der Waals surface area contributed by atoms with Crippen LogP contribution in [0.4, 0.5) is 5.69 Å². The Morgan fingerprint density at radius 2 is 1.74 bits per heavy atom. The first-order valence-corrected chi connectivity index (χ1v) is 8.32. The molecule has 4 heteroatoms. The summed E-state index contributed by atoms with van der Waals surface area (Å²) in [7, 11) is 0. The third-order valence-corrected chi connectivity index (χ3v) is 4.16. The number of amides is 1. The van der Waals surface area contributed by atoms with Crippen molar-refractivity contribution in [2.24, 2.45) is 0 Å². The van der Waals surface area contributed by atoms with Gasteiger partial charge < -0.3 is 10.6 Å². The summed E-state index contributed by atoms with van der Waals surface area (Å²) in [6.45, 7) is 6.72. The molecule has 0 unspecified atom stereocenters. The number of quaternary nitrogens is 1. The van der Waals surface area contributed by atoms with Crippen LogP contribution in [0.1, 0.15) is 43.9 Å². The molecule has 1 atom stereocenters. The van der Waals surface area contributed by atoms with E-state index in [1.807, 2.05) is 47.8 Å². The molecular weight excluding hydrogens is 308 g/mol. The van der Waals surface area contributed by atoms with Crippen molar-refractivity contribution in [1.82, 2.24) is 0 Å². The summed E-state index contributed by atoms with van der Waals surface area (Å²) >= 11 is 5.90. The molecule has 0 aliphatic heterocycles. The molecule has 0 aliphatic rings. The van der Waals surface area contributed by atoms with Gasteiger partial charge in [0.2, 0.25) is 0 Å². The van der Waals surface area contributed by atoms with E-state index in [1.165, 1.54) is 0 Å². The summed E-state index contributed by atoms with van der Waals surface area (Å²) in [4.78, 5) is 12.2. The highest BCUT2D eigenvalue weighted by Gasteiger charge is 2.13. The van der Waals surface area contributed by atoms with E-state index >= 15 is 0 Å². The van der Waals surface area contributed by atoms with Crippen LogP contribution in [0.2, 0.25) is 5.02 Å². The molecule has 2 aromatic rings. The van der Waals surface area contributed by atoms with Crippen molar-refractivity contribution in [2.45, 2.75) is 32.7 Å². The second-order valence-corrected chi connectivity index (χ2v) is 6.51. The first kappa shape index (κ1) is 17.5. The summed E-state index contributed by atoms with van der Waals surface area (Å²) in [5.74, 6) is 0.391. The van der Waals surface area contributed by atoms with E-state index < -0.39 is 0 Å². The molecule has 0 aromatic heterocycles. The molecule has 0 bridgehead atoms. The second-order valence-electron chi connectivity index (χ2n) is 6.07. The lowest BCUT2D eigenvalue weighted by Crippen LogP contribution is -2.86. The van der Waals surface area contributed by atoms with Gasteiger partial charge in [-0.15, -0.1) is 0 Å². The number of carbonyl (C=O) groups is 1. The number of benzene rings is 2. The molecule has 2 rings (SSSR count). The van der Waals surface area contributed by atoms with E-state index in [0.29, 0.717) is 12.5 Å². The molecule has 1 amide bonds. The Bertz CT molecular complexity index is 653. The lowest BCUT2D eigenvalue weighted by Gasteiger charge is -2.14. The third-order valence-electron chi connectivity index (χ3n) is 3.91. The highest BCUT2D eigenvalue weighted by molar-refractivity contribution is 6.30. The smallest absolute Gasteiger partial charge is 0.279 e. The van der Waals surface area contributed by atoms with Crippen molar-refractivity contribution < 1.29 is 10.1 Å². The topological polar surface area (TPSA) is 45.7 Å². The first-order valence-electron chi connectivity index (χ1n) is 7.95. The van der Waals surface area contributed by atoms with Gasteiger partial charge in [-0.25, -0.2) is 0 Å². The van der Waals surface area contributed by atoms with E-state index in [9.17, 15) is 4.79 Å². The summed E-state index contributed by atoms with van der Waals surface area (Å²) in [5, 5.41) is 5.77. The van der Waals surface area contributed by atoms with Gasteiger partial charge >= 0.3 is 0 Å². The van der Waals surface area contributed by atoms with Crippen molar-refractivity contribution in [3.8, 4) is 0 Å². The Balaban J connectivity index is 1.91. The summed E-state index contributed by atoms with van der Waals surface area (Å²) in [6.07, 6.45) is 0. The van der Waals surface area contributed by atoms with Crippen molar-refractivity contribution >= 4 is 23.2 Å². The van der Waals surface area contributed by atoms with Gasteiger partial charge in [-0.1, -0.05) is 55.8 Å². The van der Waals surface area contributed by atoms with Crippen LogP contribution in [0.15, 0.2) is 48.5 Å². The number of carbonyl (C=O) groups excluding carboxylic acids is 1. The second kappa shape index (κ2) is 8.14. The Kier molecular flexibility index (Phi) is 6.20. The third kappa shape index (κ3) is 5.08. The number of nitrogens with two attached hydrogens (primary N) is 1. The molecule has 0 radical (unpaired) electrons. The zero-order valence-electron chi connectivity index (χ0n) is 13.8. The van der Waals surface area contributed by atoms with E-state index in [4.69, 9.17) is 11.6 Å². The minimum absolute atomic E-state index is 0.0129. The molecule has 0 aliphatic carbocycles. The lowest BCUT2D eigenvalue weighted by atomic mass is 10.0. The van der Waals surface area contributed by atoms with Crippen LogP contribution in [0.25, 0.3) is 0 Å². The van der Waals surface area contributed by atoms with Gasteiger partial charge in [0, 0.05) is 16.3 Å². The average molecular weight is 332 g/mol. The zero-order chi connectivity index (χ0) is 16.8. The van der Waals surface area contributed by atoms with E-state index in [0.717, 1.165) is 21.8 Å². The maximum atomic E-state index is 12.2. The Labute approximate surface area is 143 Å². The van der Waals surface area contributed by atoms with Crippen LogP contribution < -0.4 is 10.6 Å². The van der Waals surface area contributed by atoms with Crippen molar-refractivity contribution in [3.63, 3.8) is 0 Å². The summed E-state index contributed by atoms with van der Waals surface area (Å²) in [6, 6.07) is 15.9. The van der Waals surface area contributed by atoms with Gasteiger partial charge in [0.15, 0.2) is 6.54 Å². The van der Waals surface area contributed by atoms with Gasteiger partial charge in [-0.05, 0) is 36.6 Å². The van der Waals surface area contributed by atoms with Gasteiger partial charge in [-0.2, -0.15) is 0 Å². The number of hydrogen-bond donors (Lipinski definition) is 2. The van der Waals surface area contributed by atoms with Gasteiger partial charge in [-0.3, -0.25) is 4.79 Å². The molecule has 0 saturated carbocycles. The number of halogens is 1. The molecule has 2 aromatic carbocycles. The molecule has 3 N–H and O–H groups in total. The Hall–Kier alpha value is -1.84. The van der Waals surface area contributed by atoms with E-state index in [1.54, 1.807) is 0 Å². The average Bonchev–Trinajstić information content (AvgIpc) is 2.53. The first-order chi connectivity index (χ1) is 11.0. The Morgan fingerprint density at radius 3 is 2.39 bits per heavy atom. The van der Waals surface area contributed by atoms with Crippen molar-refractivity contribution in [3.05, 3.63) is 64.7 Å². The summed E-state index contributed by atoms with van der Waals surface area (Å²) in [5.41, 5.74) is 3.22. The monoisotopic (exact) mass is 331 g/mol. The lowest BCUT2D eigenvalue weighted by molar-refractivity contribution is -0.682. The molecule has 3 nitrogen and oxygen atoms in total. The van der Waals surface area contributed by atoms with E-state index in [-0.39, 0.29) is 11.9 Å². The number of para-hydroxylation sites is 1. The highest BCUT2D eigenvalue weighted by Crippen LogP contribution is 2.23. The quantitative estimate of drug-likeness (QED) is 0.832. The largest absolute Gasteiger partial charge is 0.333 e. The fourth-order valence-electron chi connectivity index (χ4n) is 2.50. The normalized spacial score (nSPS) is 12.2. The standard InChI is InChI=1S/C19H23ClN2O/c1-13(2)17-6-4-5-7-18(17)22-19(23)12-21-14(3)15-8-10-16(20)11-9-15/h4-11,13-14,21H,12H2,1-3H3,(H,22,23)/p+1/t14-/m1/s1. The molecule has 0 saturated heterocycles. The van der Waals surface area contributed by atoms with Gasteiger partial charge in [0.25, 0.3) is 5.91 Å². The number of rotatable bonds is 6. The maximum Gasteiger partial charge on any atom is 0.279 e. The van der Waals surface area contributed by atoms with E-state index in [2.05, 4.69) is 32.2 Å². The fourth-order valence-corrected chi connectivity index (χ4v) is 2.63. The Morgan fingerprint density at radius 1 is 1.09 bits per heavy atom. The molecule has 0 heterocycles. The van der Waals surface area contributed by atoms with Crippen LogP contribution in [0.5, 0.6) is 0 Å². The minimum atomic E-state index is 0.0129. The number of hydrogen-bond acceptors (Lipinski definition) is 1.